The zero-order valence-electron chi connectivity index (χ0n) is 10.1. The second-order valence-corrected chi connectivity index (χ2v) is 5.26. The first-order valence-corrected chi connectivity index (χ1v) is 6.70. The van der Waals surface area contributed by atoms with Crippen LogP contribution >= 0.6 is 0 Å². The van der Waals surface area contributed by atoms with Crippen LogP contribution in [0.15, 0.2) is 53.0 Å². The van der Waals surface area contributed by atoms with Crippen molar-refractivity contribution in [1.82, 2.24) is 0 Å². The summed E-state index contributed by atoms with van der Waals surface area (Å²) in [7, 11) is -0.924. The third kappa shape index (κ3) is 4.15. The molecule has 0 aliphatic heterocycles. The molecule has 0 radical (unpaired) electrons. The second-order valence-electron chi connectivity index (χ2n) is 3.76. The lowest BCUT2D eigenvalue weighted by Crippen LogP contribution is -1.95. The van der Waals surface area contributed by atoms with Crippen molar-refractivity contribution >= 4 is 10.8 Å². The van der Waals surface area contributed by atoms with Gasteiger partial charge in [-0.3, -0.25) is 4.21 Å². The van der Waals surface area contributed by atoms with Crippen LogP contribution in [0.4, 0.5) is 0 Å². The van der Waals surface area contributed by atoms with Crippen LogP contribution in [0, 0.1) is 6.92 Å². The normalized spacial score (nSPS) is 14.3. The van der Waals surface area contributed by atoms with Gasteiger partial charge in [0, 0.05) is 10.6 Å². The molecule has 0 aliphatic carbocycles. The molecule has 1 rings (SSSR count). The predicted molar refractivity (Wildman–Crippen MR) is 71.0 cm³/mol. The van der Waals surface area contributed by atoms with Crippen molar-refractivity contribution in [2.24, 2.45) is 0 Å². The molecule has 0 heterocycles. The summed E-state index contributed by atoms with van der Waals surface area (Å²) in [5.74, 6) is 0.578. The third-order valence-electron chi connectivity index (χ3n) is 2.37. The maximum atomic E-state index is 11.9. The van der Waals surface area contributed by atoms with Gasteiger partial charge in [0.1, 0.15) is 0 Å². The van der Waals surface area contributed by atoms with Gasteiger partial charge in [-0.15, -0.1) is 0 Å². The minimum Gasteiger partial charge on any atom is -0.254 e. The van der Waals surface area contributed by atoms with E-state index in [9.17, 15) is 4.21 Å². The molecule has 0 aliphatic rings. The monoisotopic (exact) mass is 234 g/mol. The van der Waals surface area contributed by atoms with E-state index in [0.717, 1.165) is 4.90 Å². The van der Waals surface area contributed by atoms with Crippen LogP contribution in [0.5, 0.6) is 0 Å². The van der Waals surface area contributed by atoms with E-state index in [-0.39, 0.29) is 0 Å². The topological polar surface area (TPSA) is 17.1 Å². The van der Waals surface area contributed by atoms with Crippen molar-refractivity contribution in [3.8, 4) is 0 Å². The molecule has 86 valence electrons. The van der Waals surface area contributed by atoms with Crippen LogP contribution in [0.1, 0.15) is 19.4 Å². The van der Waals surface area contributed by atoms with Gasteiger partial charge >= 0.3 is 0 Å². The highest BCUT2D eigenvalue weighted by Gasteiger charge is 2.00. The Balaban J connectivity index is 2.60. The largest absolute Gasteiger partial charge is 0.254 e. The smallest absolute Gasteiger partial charge is 0.0568 e. The molecule has 0 saturated carbocycles. The third-order valence-corrected chi connectivity index (χ3v) is 3.66. The zero-order valence-corrected chi connectivity index (χ0v) is 10.9. The molecular formula is C14H18OS. The summed E-state index contributed by atoms with van der Waals surface area (Å²) in [6.45, 7) is 6.06. The molecule has 0 aromatic heterocycles. The molecule has 1 aromatic rings. The SMILES string of the molecule is C/C=C(C)\C=C/CS(=O)c1ccc(C)cc1. The molecule has 0 fully saturated rings. The van der Waals surface area contributed by atoms with Gasteiger partial charge in [-0.2, -0.15) is 0 Å². The van der Waals surface area contributed by atoms with Crippen LogP contribution in [0.3, 0.4) is 0 Å². The van der Waals surface area contributed by atoms with E-state index < -0.39 is 10.8 Å². The molecule has 0 saturated heterocycles. The highest BCUT2D eigenvalue weighted by Crippen LogP contribution is 2.08. The molecule has 1 atom stereocenters. The van der Waals surface area contributed by atoms with Crippen molar-refractivity contribution in [1.29, 1.82) is 0 Å². The summed E-state index contributed by atoms with van der Waals surface area (Å²) >= 11 is 0. The molecule has 0 bridgehead atoms. The summed E-state index contributed by atoms with van der Waals surface area (Å²) in [4.78, 5) is 0.897. The highest BCUT2D eigenvalue weighted by atomic mass is 32.2. The Kier molecular flexibility index (Phi) is 5.20. The molecule has 0 spiro atoms. The number of aryl methyl sites for hydroxylation is 1. The first-order valence-electron chi connectivity index (χ1n) is 5.38. The van der Waals surface area contributed by atoms with Gasteiger partial charge in [-0.05, 0) is 32.9 Å². The minimum absolute atomic E-state index is 0.578. The van der Waals surface area contributed by atoms with Crippen LogP contribution in [0.2, 0.25) is 0 Å². The molecule has 0 amide bonds. The van der Waals surface area contributed by atoms with E-state index in [1.165, 1.54) is 11.1 Å². The van der Waals surface area contributed by atoms with Crippen molar-refractivity contribution in [2.45, 2.75) is 25.7 Å². The van der Waals surface area contributed by atoms with Gasteiger partial charge in [-0.25, -0.2) is 0 Å². The van der Waals surface area contributed by atoms with Crippen molar-refractivity contribution in [3.63, 3.8) is 0 Å². The molecule has 1 unspecified atom stereocenters. The second kappa shape index (κ2) is 6.44. The van der Waals surface area contributed by atoms with E-state index in [2.05, 4.69) is 0 Å². The Hall–Kier alpha value is -1.15. The first kappa shape index (κ1) is 12.9. The number of hydrogen-bond donors (Lipinski definition) is 0. The lowest BCUT2D eigenvalue weighted by Gasteiger charge is -1.99. The molecule has 16 heavy (non-hydrogen) atoms. The van der Waals surface area contributed by atoms with Crippen molar-refractivity contribution in [2.75, 3.05) is 5.75 Å². The zero-order chi connectivity index (χ0) is 12.0. The van der Waals surface area contributed by atoms with Gasteiger partial charge in [0.05, 0.1) is 10.8 Å². The minimum atomic E-state index is -0.924. The Labute approximate surface area is 100 Å². The Morgan fingerprint density at radius 1 is 1.31 bits per heavy atom. The van der Waals surface area contributed by atoms with E-state index in [4.69, 9.17) is 0 Å². The summed E-state index contributed by atoms with van der Waals surface area (Å²) in [5, 5.41) is 0. The predicted octanol–water partition coefficient (Wildman–Crippen LogP) is 3.63. The fourth-order valence-electron chi connectivity index (χ4n) is 1.20. The maximum Gasteiger partial charge on any atom is 0.0568 e. The van der Waals surface area contributed by atoms with E-state index in [1.54, 1.807) is 0 Å². The van der Waals surface area contributed by atoms with Gasteiger partial charge in [0.2, 0.25) is 0 Å². The summed E-state index contributed by atoms with van der Waals surface area (Å²) in [6, 6.07) is 7.85. The Morgan fingerprint density at radius 2 is 1.94 bits per heavy atom. The van der Waals surface area contributed by atoms with Crippen molar-refractivity contribution < 1.29 is 4.21 Å². The molecule has 1 nitrogen and oxygen atoms in total. The molecule has 0 N–H and O–H groups in total. The molecule has 1 aromatic carbocycles. The first-order chi connectivity index (χ1) is 7.63. The van der Waals surface area contributed by atoms with Crippen LogP contribution in [0.25, 0.3) is 0 Å². The maximum absolute atomic E-state index is 11.9. The van der Waals surface area contributed by atoms with Gasteiger partial charge < -0.3 is 0 Å². The van der Waals surface area contributed by atoms with Gasteiger partial charge in [0.15, 0.2) is 0 Å². The summed E-state index contributed by atoms with van der Waals surface area (Å²) in [6.07, 6.45) is 6.00. The molecule has 2 heteroatoms. The van der Waals surface area contributed by atoms with E-state index in [1.807, 2.05) is 63.3 Å². The van der Waals surface area contributed by atoms with Gasteiger partial charge in [0.25, 0.3) is 0 Å². The Bertz CT molecular complexity index is 413. The average Bonchev–Trinajstić information content (AvgIpc) is 2.29. The average molecular weight is 234 g/mol. The number of rotatable bonds is 4. The lowest BCUT2D eigenvalue weighted by molar-refractivity contribution is 0.685. The summed E-state index contributed by atoms with van der Waals surface area (Å²) in [5.41, 5.74) is 2.39. The van der Waals surface area contributed by atoms with Crippen LogP contribution < -0.4 is 0 Å². The van der Waals surface area contributed by atoms with Crippen molar-refractivity contribution in [3.05, 3.63) is 53.6 Å². The quantitative estimate of drug-likeness (QED) is 0.727. The van der Waals surface area contributed by atoms with E-state index >= 15 is 0 Å². The number of allylic oxidation sites excluding steroid dienone is 3. The molecular weight excluding hydrogens is 216 g/mol. The standard InChI is InChI=1S/C14H18OS/c1-4-12(2)6-5-11-16(15)14-9-7-13(3)8-10-14/h4-10H,11H2,1-3H3/b6-5-,12-4-. The summed E-state index contributed by atoms with van der Waals surface area (Å²) < 4.78 is 11.9. The number of hydrogen-bond acceptors (Lipinski definition) is 1. The fourth-order valence-corrected chi connectivity index (χ4v) is 2.11. The number of benzene rings is 1. The van der Waals surface area contributed by atoms with Crippen LogP contribution in [-0.2, 0) is 10.8 Å². The van der Waals surface area contributed by atoms with Crippen LogP contribution in [-0.4, -0.2) is 9.96 Å². The lowest BCUT2D eigenvalue weighted by atomic mass is 10.2. The van der Waals surface area contributed by atoms with Gasteiger partial charge in [-0.1, -0.05) is 41.5 Å². The fraction of sp³-hybridized carbons (Fsp3) is 0.286. The Morgan fingerprint density at radius 3 is 2.50 bits per heavy atom. The van der Waals surface area contributed by atoms with E-state index in [0.29, 0.717) is 5.75 Å². The highest BCUT2D eigenvalue weighted by molar-refractivity contribution is 7.85.